The van der Waals surface area contributed by atoms with E-state index in [1.54, 1.807) is 13.8 Å². The summed E-state index contributed by atoms with van der Waals surface area (Å²) in [5.41, 5.74) is 0. The van der Waals surface area contributed by atoms with E-state index < -0.39 is 3.92 Å². The highest BCUT2D eigenvalue weighted by Crippen LogP contribution is 2.03. The van der Waals surface area contributed by atoms with Crippen molar-refractivity contribution < 1.29 is 14.6 Å². The molecule has 0 aliphatic rings. The van der Waals surface area contributed by atoms with E-state index in [2.05, 4.69) is 0 Å². The van der Waals surface area contributed by atoms with Gasteiger partial charge in [-0.3, -0.25) is 4.79 Å². The zero-order valence-electron chi connectivity index (χ0n) is 6.00. The van der Waals surface area contributed by atoms with Gasteiger partial charge in [-0.05, 0) is 13.8 Å². The van der Waals surface area contributed by atoms with E-state index in [1.807, 2.05) is 22.6 Å². The molecule has 0 aliphatic carbocycles. The Morgan fingerprint density at radius 2 is 2.20 bits per heavy atom. The Bertz CT molecular complexity index is 114. The molecule has 3 nitrogen and oxygen atoms in total. The summed E-state index contributed by atoms with van der Waals surface area (Å²) in [6.07, 6.45) is -0.101. The van der Waals surface area contributed by atoms with Gasteiger partial charge in [-0.25, -0.2) is 0 Å². The predicted molar refractivity (Wildman–Crippen MR) is 46.1 cm³/mol. The standard InChI is InChI=1S/C6H11IO3/c1-4(2)10-6(9)5(7)3-8/h4-5,8H,3H2,1-2H3/t5-/m0/s1. The molecule has 0 aromatic carbocycles. The molecule has 0 fully saturated rings. The minimum atomic E-state index is -0.431. The van der Waals surface area contributed by atoms with Crippen molar-refractivity contribution in [3.8, 4) is 0 Å². The summed E-state index contributed by atoms with van der Waals surface area (Å²) in [7, 11) is 0. The number of hydrogen-bond donors (Lipinski definition) is 1. The van der Waals surface area contributed by atoms with Gasteiger partial charge in [0.1, 0.15) is 3.92 Å². The van der Waals surface area contributed by atoms with Crippen LogP contribution in [-0.4, -0.2) is 27.7 Å². The minimum Gasteiger partial charge on any atom is -0.462 e. The maximum Gasteiger partial charge on any atom is 0.321 e. The number of rotatable bonds is 3. The highest BCUT2D eigenvalue weighted by molar-refractivity contribution is 14.1. The van der Waals surface area contributed by atoms with Crippen molar-refractivity contribution >= 4 is 28.6 Å². The van der Waals surface area contributed by atoms with Crippen molar-refractivity contribution in [1.29, 1.82) is 0 Å². The summed E-state index contributed by atoms with van der Waals surface area (Å²) < 4.78 is 4.37. The summed E-state index contributed by atoms with van der Waals surface area (Å²) >= 11 is 1.84. The average molecular weight is 258 g/mol. The van der Waals surface area contributed by atoms with Gasteiger partial charge in [-0.1, -0.05) is 22.6 Å². The third-order valence-corrected chi connectivity index (χ3v) is 1.67. The third-order valence-electron chi connectivity index (χ3n) is 0.768. The van der Waals surface area contributed by atoms with Crippen LogP contribution >= 0.6 is 22.6 Å². The molecule has 0 heterocycles. The van der Waals surface area contributed by atoms with Gasteiger partial charge in [0, 0.05) is 0 Å². The van der Waals surface area contributed by atoms with Crippen molar-refractivity contribution in [2.45, 2.75) is 23.9 Å². The highest BCUT2D eigenvalue weighted by Gasteiger charge is 2.15. The van der Waals surface area contributed by atoms with Crippen LogP contribution in [0, 0.1) is 0 Å². The Morgan fingerprint density at radius 1 is 1.70 bits per heavy atom. The van der Waals surface area contributed by atoms with Crippen LogP contribution in [0.1, 0.15) is 13.8 Å². The summed E-state index contributed by atoms with van der Waals surface area (Å²) in [6, 6.07) is 0. The van der Waals surface area contributed by atoms with Crippen LogP contribution in [-0.2, 0) is 9.53 Å². The van der Waals surface area contributed by atoms with Crippen LogP contribution in [0.25, 0.3) is 0 Å². The Morgan fingerprint density at radius 3 is 2.50 bits per heavy atom. The number of hydrogen-bond acceptors (Lipinski definition) is 3. The number of ether oxygens (including phenoxy) is 1. The molecule has 0 aromatic rings. The van der Waals surface area contributed by atoms with Gasteiger partial charge >= 0.3 is 5.97 Å². The second kappa shape index (κ2) is 4.90. The summed E-state index contributed by atoms with van der Waals surface area (Å²) in [6.45, 7) is 3.39. The zero-order valence-corrected chi connectivity index (χ0v) is 8.16. The fourth-order valence-electron chi connectivity index (χ4n) is 0.381. The fourth-order valence-corrected chi connectivity index (χ4v) is 0.527. The van der Waals surface area contributed by atoms with E-state index in [1.165, 1.54) is 0 Å². The Kier molecular flexibility index (Phi) is 4.98. The van der Waals surface area contributed by atoms with Gasteiger partial charge in [-0.15, -0.1) is 0 Å². The van der Waals surface area contributed by atoms with Crippen molar-refractivity contribution in [2.24, 2.45) is 0 Å². The zero-order chi connectivity index (χ0) is 8.15. The fraction of sp³-hybridized carbons (Fsp3) is 0.833. The molecule has 0 saturated heterocycles. The number of halogens is 1. The molecule has 1 atom stereocenters. The quantitative estimate of drug-likeness (QED) is 0.461. The molecule has 0 saturated carbocycles. The van der Waals surface area contributed by atoms with Crippen molar-refractivity contribution in [3.05, 3.63) is 0 Å². The Labute approximate surface area is 73.9 Å². The van der Waals surface area contributed by atoms with E-state index in [0.717, 1.165) is 0 Å². The number of carbonyl (C=O) groups excluding carboxylic acids is 1. The van der Waals surface area contributed by atoms with Gasteiger partial charge in [0.15, 0.2) is 0 Å². The van der Waals surface area contributed by atoms with Gasteiger partial charge in [0.25, 0.3) is 0 Å². The maximum atomic E-state index is 10.8. The topological polar surface area (TPSA) is 46.5 Å². The van der Waals surface area contributed by atoms with Gasteiger partial charge in [-0.2, -0.15) is 0 Å². The van der Waals surface area contributed by atoms with Crippen LogP contribution in [0.4, 0.5) is 0 Å². The minimum absolute atomic E-state index is 0.101. The Balaban J connectivity index is 3.62. The molecule has 0 unspecified atom stereocenters. The van der Waals surface area contributed by atoms with E-state index in [0.29, 0.717) is 0 Å². The van der Waals surface area contributed by atoms with Gasteiger partial charge in [0.05, 0.1) is 12.7 Å². The summed E-state index contributed by atoms with van der Waals surface area (Å²) in [5, 5.41) is 8.51. The molecule has 4 heteroatoms. The van der Waals surface area contributed by atoms with Crippen LogP contribution in [0.3, 0.4) is 0 Å². The number of carbonyl (C=O) groups is 1. The molecule has 0 bridgehead atoms. The maximum absolute atomic E-state index is 10.8. The SMILES string of the molecule is CC(C)OC(=O)[C@@H](I)CO. The van der Waals surface area contributed by atoms with Crippen molar-refractivity contribution in [1.82, 2.24) is 0 Å². The monoisotopic (exact) mass is 258 g/mol. The van der Waals surface area contributed by atoms with Crippen LogP contribution < -0.4 is 0 Å². The van der Waals surface area contributed by atoms with E-state index in [-0.39, 0.29) is 18.7 Å². The first-order valence-electron chi connectivity index (χ1n) is 3.03. The van der Waals surface area contributed by atoms with Gasteiger partial charge in [0.2, 0.25) is 0 Å². The Hall–Kier alpha value is 0.160. The molecular weight excluding hydrogens is 247 g/mol. The van der Waals surface area contributed by atoms with Crippen LogP contribution in [0.5, 0.6) is 0 Å². The van der Waals surface area contributed by atoms with Crippen molar-refractivity contribution in [3.63, 3.8) is 0 Å². The lowest BCUT2D eigenvalue weighted by Crippen LogP contribution is -2.23. The number of esters is 1. The van der Waals surface area contributed by atoms with Crippen LogP contribution in [0.15, 0.2) is 0 Å². The number of alkyl halides is 1. The first kappa shape index (κ1) is 10.2. The molecule has 0 amide bonds. The summed E-state index contributed by atoms with van der Waals surface area (Å²) in [4.78, 5) is 10.8. The van der Waals surface area contributed by atoms with Crippen molar-refractivity contribution in [2.75, 3.05) is 6.61 Å². The molecule has 0 rings (SSSR count). The normalized spacial score (nSPS) is 13.3. The lowest BCUT2D eigenvalue weighted by atomic mass is 10.4. The number of aliphatic hydroxyl groups is 1. The predicted octanol–water partition coefficient (Wildman–Crippen LogP) is 0.734. The molecular formula is C6H11IO3. The first-order chi connectivity index (χ1) is 4.57. The smallest absolute Gasteiger partial charge is 0.321 e. The molecule has 0 spiro atoms. The second-order valence-electron chi connectivity index (χ2n) is 2.14. The van der Waals surface area contributed by atoms with E-state index in [4.69, 9.17) is 9.84 Å². The molecule has 0 radical (unpaired) electrons. The summed E-state index contributed by atoms with van der Waals surface area (Å²) in [5.74, 6) is -0.349. The second-order valence-corrected chi connectivity index (χ2v) is 3.64. The van der Waals surface area contributed by atoms with Crippen LogP contribution in [0.2, 0.25) is 0 Å². The van der Waals surface area contributed by atoms with E-state index >= 15 is 0 Å². The molecule has 10 heavy (non-hydrogen) atoms. The average Bonchev–Trinajstić information content (AvgIpc) is 1.85. The molecule has 0 aliphatic heterocycles. The highest BCUT2D eigenvalue weighted by atomic mass is 127. The largest absolute Gasteiger partial charge is 0.462 e. The third kappa shape index (κ3) is 4.05. The van der Waals surface area contributed by atoms with E-state index in [9.17, 15) is 4.79 Å². The molecule has 1 N–H and O–H groups in total. The van der Waals surface area contributed by atoms with Gasteiger partial charge < -0.3 is 9.84 Å². The lowest BCUT2D eigenvalue weighted by molar-refractivity contribution is -0.146. The lowest BCUT2D eigenvalue weighted by Gasteiger charge is -2.09. The molecule has 0 aromatic heterocycles. The first-order valence-corrected chi connectivity index (χ1v) is 4.28. The molecule has 60 valence electrons. The number of aliphatic hydroxyl groups excluding tert-OH is 1.